The molecule has 1 aromatic carbocycles. The van der Waals surface area contributed by atoms with Crippen LogP contribution < -0.4 is 11.1 Å². The van der Waals surface area contributed by atoms with E-state index >= 15 is 0 Å². The predicted molar refractivity (Wildman–Crippen MR) is 73.2 cm³/mol. The van der Waals surface area contributed by atoms with Gasteiger partial charge in [0, 0.05) is 19.0 Å². The van der Waals surface area contributed by atoms with Gasteiger partial charge in [-0.2, -0.15) is 0 Å². The molecule has 1 aliphatic carbocycles. The topological polar surface area (TPSA) is 55.1 Å². The van der Waals surface area contributed by atoms with E-state index in [4.69, 9.17) is 5.73 Å². The molecule has 3 N–H and O–H groups in total. The summed E-state index contributed by atoms with van der Waals surface area (Å²) in [5.74, 6) is 0.613. The summed E-state index contributed by atoms with van der Waals surface area (Å²) in [6.45, 7) is 2.44. The van der Waals surface area contributed by atoms with E-state index in [0.29, 0.717) is 18.9 Å². The second-order valence-electron chi connectivity index (χ2n) is 5.29. The molecule has 1 unspecified atom stereocenters. The Kier molecular flexibility index (Phi) is 4.37. The highest BCUT2D eigenvalue weighted by Gasteiger charge is 2.21. The number of carbonyl (C=O) groups excluding carboxylic acids is 1. The molecule has 0 saturated carbocycles. The van der Waals surface area contributed by atoms with Gasteiger partial charge >= 0.3 is 0 Å². The van der Waals surface area contributed by atoms with Gasteiger partial charge in [0.15, 0.2) is 0 Å². The summed E-state index contributed by atoms with van der Waals surface area (Å²) in [6.07, 6.45) is 3.86. The maximum absolute atomic E-state index is 11.8. The van der Waals surface area contributed by atoms with E-state index in [1.54, 1.807) is 0 Å². The van der Waals surface area contributed by atoms with Crippen molar-refractivity contribution in [2.24, 2.45) is 11.7 Å². The van der Waals surface area contributed by atoms with Gasteiger partial charge in [0.2, 0.25) is 5.91 Å². The van der Waals surface area contributed by atoms with Crippen LogP contribution in [0.1, 0.15) is 30.9 Å². The Bertz CT molecular complexity index is 417. The van der Waals surface area contributed by atoms with Crippen molar-refractivity contribution in [3.05, 3.63) is 35.4 Å². The van der Waals surface area contributed by atoms with Crippen molar-refractivity contribution in [3.63, 3.8) is 0 Å². The Hall–Kier alpha value is -1.35. The SMILES string of the molecule is C[C@@H](CN)NC(=O)CC1CCc2ccccc2C1. The van der Waals surface area contributed by atoms with Crippen LogP contribution in [-0.4, -0.2) is 18.5 Å². The normalized spacial score (nSPS) is 20.0. The molecular formula is C15H22N2O. The molecule has 0 bridgehead atoms. The molecule has 1 aromatic rings. The first-order valence-corrected chi connectivity index (χ1v) is 6.75. The molecule has 0 heterocycles. The Morgan fingerprint density at radius 1 is 1.44 bits per heavy atom. The number of benzene rings is 1. The fourth-order valence-corrected chi connectivity index (χ4v) is 2.60. The molecule has 0 aliphatic heterocycles. The molecule has 18 heavy (non-hydrogen) atoms. The van der Waals surface area contributed by atoms with Gasteiger partial charge < -0.3 is 11.1 Å². The number of carbonyl (C=O) groups is 1. The van der Waals surface area contributed by atoms with Crippen molar-refractivity contribution >= 4 is 5.91 Å². The number of amides is 1. The number of rotatable bonds is 4. The van der Waals surface area contributed by atoms with Crippen LogP contribution in [-0.2, 0) is 17.6 Å². The molecule has 0 fully saturated rings. The standard InChI is InChI=1S/C15H22N2O/c1-11(10-16)17-15(18)9-12-6-7-13-4-2-3-5-14(13)8-12/h2-5,11-12H,6-10,16H2,1H3,(H,17,18)/t11-,12?/m0/s1. The lowest BCUT2D eigenvalue weighted by Gasteiger charge is -2.24. The van der Waals surface area contributed by atoms with Crippen LogP contribution in [0.15, 0.2) is 24.3 Å². The molecule has 1 amide bonds. The second kappa shape index (κ2) is 6.01. The summed E-state index contributed by atoms with van der Waals surface area (Å²) >= 11 is 0. The van der Waals surface area contributed by atoms with Crippen molar-refractivity contribution in [1.82, 2.24) is 5.32 Å². The zero-order chi connectivity index (χ0) is 13.0. The van der Waals surface area contributed by atoms with Crippen molar-refractivity contribution in [2.45, 2.75) is 38.6 Å². The first-order valence-electron chi connectivity index (χ1n) is 6.75. The van der Waals surface area contributed by atoms with Crippen molar-refractivity contribution in [2.75, 3.05) is 6.54 Å². The third-order valence-corrected chi connectivity index (χ3v) is 3.68. The molecule has 2 atom stereocenters. The van der Waals surface area contributed by atoms with Gasteiger partial charge in [-0.15, -0.1) is 0 Å². The first kappa shape index (κ1) is 13.1. The maximum Gasteiger partial charge on any atom is 0.220 e. The van der Waals surface area contributed by atoms with E-state index in [-0.39, 0.29) is 11.9 Å². The Morgan fingerprint density at radius 2 is 2.17 bits per heavy atom. The molecular weight excluding hydrogens is 224 g/mol. The zero-order valence-corrected chi connectivity index (χ0v) is 11.0. The summed E-state index contributed by atoms with van der Waals surface area (Å²) in [4.78, 5) is 11.8. The first-order chi connectivity index (χ1) is 8.69. The number of hydrogen-bond donors (Lipinski definition) is 2. The minimum atomic E-state index is 0.0772. The molecule has 0 saturated heterocycles. The Labute approximate surface area is 109 Å². The molecule has 1 aliphatic rings. The van der Waals surface area contributed by atoms with Crippen LogP contribution in [0.5, 0.6) is 0 Å². The summed E-state index contributed by atoms with van der Waals surface area (Å²) in [7, 11) is 0. The fraction of sp³-hybridized carbons (Fsp3) is 0.533. The third-order valence-electron chi connectivity index (χ3n) is 3.68. The van der Waals surface area contributed by atoms with Gasteiger partial charge in [0.05, 0.1) is 0 Å². The monoisotopic (exact) mass is 246 g/mol. The molecule has 3 heteroatoms. The molecule has 0 radical (unpaired) electrons. The quantitative estimate of drug-likeness (QED) is 0.848. The number of nitrogens with one attached hydrogen (secondary N) is 1. The van der Waals surface area contributed by atoms with Crippen LogP contribution in [0.4, 0.5) is 0 Å². The second-order valence-corrected chi connectivity index (χ2v) is 5.29. The van der Waals surface area contributed by atoms with Crippen LogP contribution in [0.3, 0.4) is 0 Å². The largest absolute Gasteiger partial charge is 0.352 e. The van der Waals surface area contributed by atoms with E-state index in [1.165, 1.54) is 11.1 Å². The molecule has 0 aromatic heterocycles. The van der Waals surface area contributed by atoms with Gasteiger partial charge in [-0.25, -0.2) is 0 Å². The lowest BCUT2D eigenvalue weighted by molar-refractivity contribution is -0.122. The summed E-state index contributed by atoms with van der Waals surface area (Å²) in [5, 5.41) is 2.94. The Balaban J connectivity index is 1.88. The van der Waals surface area contributed by atoms with Crippen molar-refractivity contribution < 1.29 is 4.79 Å². The third kappa shape index (κ3) is 3.33. The number of aryl methyl sites for hydroxylation is 1. The van der Waals surface area contributed by atoms with Gasteiger partial charge in [-0.1, -0.05) is 24.3 Å². The van der Waals surface area contributed by atoms with E-state index in [9.17, 15) is 4.79 Å². The maximum atomic E-state index is 11.8. The summed E-state index contributed by atoms with van der Waals surface area (Å²) in [5.41, 5.74) is 8.36. The van der Waals surface area contributed by atoms with Crippen LogP contribution in [0.2, 0.25) is 0 Å². The molecule has 0 spiro atoms. The highest BCUT2D eigenvalue weighted by atomic mass is 16.1. The van der Waals surface area contributed by atoms with Crippen LogP contribution >= 0.6 is 0 Å². The van der Waals surface area contributed by atoms with Gasteiger partial charge in [-0.3, -0.25) is 4.79 Å². The van der Waals surface area contributed by atoms with E-state index in [0.717, 1.165) is 19.3 Å². The van der Waals surface area contributed by atoms with Crippen molar-refractivity contribution in [1.29, 1.82) is 0 Å². The molecule has 2 rings (SSSR count). The minimum absolute atomic E-state index is 0.0772. The highest BCUT2D eigenvalue weighted by Crippen LogP contribution is 2.27. The lowest BCUT2D eigenvalue weighted by atomic mass is 9.82. The van der Waals surface area contributed by atoms with E-state index < -0.39 is 0 Å². The summed E-state index contributed by atoms with van der Waals surface area (Å²) < 4.78 is 0. The van der Waals surface area contributed by atoms with E-state index in [2.05, 4.69) is 29.6 Å². The minimum Gasteiger partial charge on any atom is -0.352 e. The van der Waals surface area contributed by atoms with Crippen LogP contribution in [0.25, 0.3) is 0 Å². The number of hydrogen-bond acceptors (Lipinski definition) is 2. The number of nitrogens with two attached hydrogens (primary N) is 1. The highest BCUT2D eigenvalue weighted by molar-refractivity contribution is 5.76. The van der Waals surface area contributed by atoms with Gasteiger partial charge in [0.25, 0.3) is 0 Å². The average molecular weight is 246 g/mol. The van der Waals surface area contributed by atoms with Crippen LogP contribution in [0, 0.1) is 5.92 Å². The molecule has 98 valence electrons. The summed E-state index contributed by atoms with van der Waals surface area (Å²) in [6, 6.07) is 8.63. The van der Waals surface area contributed by atoms with E-state index in [1.807, 2.05) is 6.92 Å². The average Bonchev–Trinajstić information content (AvgIpc) is 2.38. The lowest BCUT2D eigenvalue weighted by Crippen LogP contribution is -2.38. The smallest absolute Gasteiger partial charge is 0.220 e. The van der Waals surface area contributed by atoms with Crippen molar-refractivity contribution in [3.8, 4) is 0 Å². The van der Waals surface area contributed by atoms with Gasteiger partial charge in [0.1, 0.15) is 0 Å². The van der Waals surface area contributed by atoms with Gasteiger partial charge in [-0.05, 0) is 43.2 Å². The predicted octanol–water partition coefficient (Wildman–Crippen LogP) is 1.64. The molecule has 3 nitrogen and oxygen atoms in total. The Morgan fingerprint density at radius 3 is 2.89 bits per heavy atom. The number of fused-ring (bicyclic) bond motifs is 1. The zero-order valence-electron chi connectivity index (χ0n) is 11.0. The fourth-order valence-electron chi connectivity index (χ4n) is 2.60.